The van der Waals surface area contributed by atoms with Gasteiger partial charge in [0.25, 0.3) is 0 Å². The van der Waals surface area contributed by atoms with Gasteiger partial charge in [0.15, 0.2) is 0 Å². The van der Waals surface area contributed by atoms with Gasteiger partial charge in [-0.25, -0.2) is 4.79 Å². The molecule has 0 bridgehead atoms. The van der Waals surface area contributed by atoms with Crippen molar-refractivity contribution in [1.29, 1.82) is 0 Å². The number of benzene rings is 1. The molecular formula is C13H17N3O3. The highest BCUT2D eigenvalue weighted by Gasteiger charge is 2.25. The largest absolute Gasteiger partial charge is 0.478 e. The zero-order chi connectivity index (χ0) is 14.0. The number of hydrogen-bond donors (Lipinski definition) is 4. The Hall–Kier alpha value is -2.24. The predicted octanol–water partition coefficient (Wildman–Crippen LogP) is 1.05. The molecule has 0 spiro atoms. The second-order valence-corrected chi connectivity index (χ2v) is 4.76. The van der Waals surface area contributed by atoms with Crippen molar-refractivity contribution >= 4 is 23.3 Å². The molecule has 1 fully saturated rings. The lowest BCUT2D eigenvalue weighted by molar-refractivity contribution is -0.121. The van der Waals surface area contributed by atoms with Crippen LogP contribution in [-0.2, 0) is 4.79 Å². The first kappa shape index (κ1) is 13.2. The molecule has 1 saturated carbocycles. The number of nitrogens with one attached hydrogen (secondary N) is 2. The van der Waals surface area contributed by atoms with E-state index in [0.29, 0.717) is 11.7 Å². The predicted molar refractivity (Wildman–Crippen MR) is 72.1 cm³/mol. The molecule has 0 aliphatic heterocycles. The number of rotatable bonds is 5. The van der Waals surface area contributed by atoms with E-state index in [1.165, 1.54) is 12.1 Å². The first-order chi connectivity index (χ1) is 8.97. The molecule has 102 valence electrons. The van der Waals surface area contributed by atoms with E-state index in [0.717, 1.165) is 12.8 Å². The van der Waals surface area contributed by atoms with Gasteiger partial charge in [0.05, 0.1) is 5.56 Å². The number of carbonyl (C=O) groups excluding carboxylic acids is 1. The van der Waals surface area contributed by atoms with Crippen LogP contribution < -0.4 is 16.4 Å². The third kappa shape index (κ3) is 3.37. The van der Waals surface area contributed by atoms with E-state index in [-0.39, 0.29) is 17.2 Å². The summed E-state index contributed by atoms with van der Waals surface area (Å²) in [6.45, 7) is 1.73. The molecule has 6 nitrogen and oxygen atoms in total. The highest BCUT2D eigenvalue weighted by Crippen LogP contribution is 2.20. The Balaban J connectivity index is 2.03. The van der Waals surface area contributed by atoms with E-state index in [1.807, 2.05) is 0 Å². The summed E-state index contributed by atoms with van der Waals surface area (Å²) in [6.07, 6.45) is 2.06. The van der Waals surface area contributed by atoms with Gasteiger partial charge in [-0.3, -0.25) is 4.79 Å². The quantitative estimate of drug-likeness (QED) is 0.594. The Bertz CT molecular complexity index is 512. The minimum atomic E-state index is -1.09. The molecule has 1 aliphatic rings. The van der Waals surface area contributed by atoms with E-state index >= 15 is 0 Å². The number of anilines is 2. The Morgan fingerprint density at radius 2 is 2.11 bits per heavy atom. The third-order valence-corrected chi connectivity index (χ3v) is 2.98. The fourth-order valence-electron chi connectivity index (χ4n) is 1.70. The maximum atomic E-state index is 11.8. The molecule has 0 heterocycles. The molecule has 5 N–H and O–H groups in total. The summed E-state index contributed by atoms with van der Waals surface area (Å²) in [5.41, 5.74) is 6.36. The van der Waals surface area contributed by atoms with Gasteiger partial charge in [-0.1, -0.05) is 0 Å². The van der Waals surface area contributed by atoms with Gasteiger partial charge in [0, 0.05) is 17.4 Å². The van der Waals surface area contributed by atoms with Crippen LogP contribution in [0, 0.1) is 0 Å². The van der Waals surface area contributed by atoms with Gasteiger partial charge < -0.3 is 21.5 Å². The van der Waals surface area contributed by atoms with Crippen LogP contribution in [0.2, 0.25) is 0 Å². The number of amides is 1. The van der Waals surface area contributed by atoms with Gasteiger partial charge in [-0.2, -0.15) is 0 Å². The molecule has 1 atom stereocenters. The first-order valence-electron chi connectivity index (χ1n) is 6.17. The Labute approximate surface area is 111 Å². The molecule has 0 radical (unpaired) electrons. The molecule has 1 unspecified atom stereocenters. The normalized spacial score (nSPS) is 15.6. The SMILES string of the molecule is CC(Nc1ccc(N)c(C(=O)O)c1)C(=O)NC1CC1. The minimum Gasteiger partial charge on any atom is -0.478 e. The van der Waals surface area contributed by atoms with E-state index in [1.54, 1.807) is 13.0 Å². The summed E-state index contributed by atoms with van der Waals surface area (Å²) < 4.78 is 0. The highest BCUT2D eigenvalue weighted by molar-refractivity contribution is 5.95. The summed E-state index contributed by atoms with van der Waals surface area (Å²) in [5, 5.41) is 14.8. The van der Waals surface area contributed by atoms with Gasteiger partial charge in [0.2, 0.25) is 5.91 Å². The summed E-state index contributed by atoms with van der Waals surface area (Å²) in [4.78, 5) is 22.7. The molecule has 0 aromatic heterocycles. The van der Waals surface area contributed by atoms with Gasteiger partial charge >= 0.3 is 5.97 Å². The molecule has 1 aromatic rings. The average molecular weight is 263 g/mol. The van der Waals surface area contributed by atoms with Crippen molar-refractivity contribution in [2.75, 3.05) is 11.1 Å². The van der Waals surface area contributed by atoms with E-state index in [9.17, 15) is 9.59 Å². The van der Waals surface area contributed by atoms with Crippen molar-refractivity contribution in [3.8, 4) is 0 Å². The number of nitrogens with two attached hydrogens (primary N) is 1. The summed E-state index contributed by atoms with van der Waals surface area (Å²) >= 11 is 0. The van der Waals surface area contributed by atoms with Crippen LogP contribution >= 0.6 is 0 Å². The molecule has 19 heavy (non-hydrogen) atoms. The Kier molecular flexibility index (Phi) is 3.59. The van der Waals surface area contributed by atoms with E-state index < -0.39 is 12.0 Å². The van der Waals surface area contributed by atoms with Gasteiger partial charge in [-0.15, -0.1) is 0 Å². The van der Waals surface area contributed by atoms with Crippen molar-refractivity contribution in [3.63, 3.8) is 0 Å². The number of nitrogen functional groups attached to an aromatic ring is 1. The van der Waals surface area contributed by atoms with Crippen LogP contribution in [0.25, 0.3) is 0 Å². The summed E-state index contributed by atoms with van der Waals surface area (Å²) in [6, 6.07) is 4.47. The van der Waals surface area contributed by atoms with Crippen molar-refractivity contribution in [1.82, 2.24) is 5.32 Å². The zero-order valence-corrected chi connectivity index (χ0v) is 10.6. The van der Waals surface area contributed by atoms with Crippen molar-refractivity contribution in [2.45, 2.75) is 31.8 Å². The van der Waals surface area contributed by atoms with Crippen molar-refractivity contribution in [3.05, 3.63) is 23.8 Å². The van der Waals surface area contributed by atoms with E-state index in [2.05, 4.69) is 10.6 Å². The van der Waals surface area contributed by atoms with Crippen LogP contribution in [-0.4, -0.2) is 29.1 Å². The summed E-state index contributed by atoms with van der Waals surface area (Å²) in [7, 11) is 0. The lowest BCUT2D eigenvalue weighted by Crippen LogP contribution is -2.38. The molecule has 6 heteroatoms. The van der Waals surface area contributed by atoms with Crippen LogP contribution in [0.15, 0.2) is 18.2 Å². The maximum absolute atomic E-state index is 11.8. The molecule has 1 amide bonds. The zero-order valence-electron chi connectivity index (χ0n) is 10.6. The number of carbonyl (C=O) groups is 2. The number of carboxylic acids is 1. The Morgan fingerprint density at radius 1 is 1.42 bits per heavy atom. The van der Waals surface area contributed by atoms with E-state index in [4.69, 9.17) is 10.8 Å². The molecule has 1 aromatic carbocycles. The number of aromatic carboxylic acids is 1. The lowest BCUT2D eigenvalue weighted by Gasteiger charge is -2.15. The van der Waals surface area contributed by atoms with Gasteiger partial charge in [-0.05, 0) is 38.0 Å². The monoisotopic (exact) mass is 263 g/mol. The molecule has 2 rings (SSSR count). The van der Waals surface area contributed by atoms with Crippen molar-refractivity contribution in [2.24, 2.45) is 0 Å². The number of hydrogen-bond acceptors (Lipinski definition) is 4. The topological polar surface area (TPSA) is 104 Å². The third-order valence-electron chi connectivity index (χ3n) is 2.98. The average Bonchev–Trinajstić information content (AvgIpc) is 3.15. The van der Waals surface area contributed by atoms with Crippen LogP contribution in [0.3, 0.4) is 0 Å². The highest BCUT2D eigenvalue weighted by atomic mass is 16.4. The smallest absolute Gasteiger partial charge is 0.337 e. The van der Waals surface area contributed by atoms with Crippen LogP contribution in [0.5, 0.6) is 0 Å². The first-order valence-corrected chi connectivity index (χ1v) is 6.17. The van der Waals surface area contributed by atoms with Crippen LogP contribution in [0.1, 0.15) is 30.1 Å². The Morgan fingerprint density at radius 3 is 2.68 bits per heavy atom. The standard InChI is InChI=1S/C13H17N3O3/c1-7(12(17)16-8-2-3-8)15-9-4-5-11(14)10(6-9)13(18)19/h4-8,15H,2-3,14H2,1H3,(H,16,17)(H,18,19). The number of carboxylic acid groups (broad SMARTS) is 1. The van der Waals surface area contributed by atoms with Crippen LogP contribution in [0.4, 0.5) is 11.4 Å². The molecule has 0 saturated heterocycles. The molecule has 1 aliphatic carbocycles. The summed E-state index contributed by atoms with van der Waals surface area (Å²) in [5.74, 6) is -1.17. The fourth-order valence-corrected chi connectivity index (χ4v) is 1.70. The fraction of sp³-hybridized carbons (Fsp3) is 0.385. The van der Waals surface area contributed by atoms with Crippen molar-refractivity contribution < 1.29 is 14.7 Å². The van der Waals surface area contributed by atoms with Gasteiger partial charge in [0.1, 0.15) is 6.04 Å². The minimum absolute atomic E-state index is 0.0276. The second kappa shape index (κ2) is 5.17. The lowest BCUT2D eigenvalue weighted by atomic mass is 10.1. The second-order valence-electron chi connectivity index (χ2n) is 4.76. The maximum Gasteiger partial charge on any atom is 0.337 e. The molecular weight excluding hydrogens is 246 g/mol.